The van der Waals surface area contributed by atoms with Crippen LogP contribution in [0.3, 0.4) is 0 Å². The Kier molecular flexibility index (Phi) is 6.93. The van der Waals surface area contributed by atoms with E-state index in [1.165, 1.54) is 24.0 Å². The van der Waals surface area contributed by atoms with E-state index in [4.69, 9.17) is 0 Å². The van der Waals surface area contributed by atoms with Crippen LogP contribution < -0.4 is 5.32 Å². The highest BCUT2D eigenvalue weighted by molar-refractivity contribution is 5.25. The van der Waals surface area contributed by atoms with Gasteiger partial charge in [-0.2, -0.15) is 0 Å². The molecular formula is C20H35N. The predicted molar refractivity (Wildman–Crippen MR) is 94.6 cm³/mol. The Hall–Kier alpha value is -0.820. The van der Waals surface area contributed by atoms with Gasteiger partial charge in [0.05, 0.1) is 0 Å². The smallest absolute Gasteiger partial charge is 0.0322 e. The zero-order valence-electron chi connectivity index (χ0n) is 15.2. The molecule has 0 bridgehead atoms. The Morgan fingerprint density at radius 1 is 1.00 bits per heavy atom. The van der Waals surface area contributed by atoms with Gasteiger partial charge < -0.3 is 5.32 Å². The summed E-state index contributed by atoms with van der Waals surface area (Å²) in [5.74, 6) is 1.42. The molecule has 0 aliphatic carbocycles. The maximum absolute atomic E-state index is 3.66. The van der Waals surface area contributed by atoms with Gasteiger partial charge in [-0.25, -0.2) is 0 Å². The average Bonchev–Trinajstić information content (AvgIpc) is 2.37. The van der Waals surface area contributed by atoms with Gasteiger partial charge in [-0.3, -0.25) is 0 Å². The fraction of sp³-hybridized carbons (Fsp3) is 0.700. The Morgan fingerprint density at radius 3 is 2.00 bits per heavy atom. The van der Waals surface area contributed by atoms with Gasteiger partial charge in [0.2, 0.25) is 0 Å². The molecule has 1 aromatic carbocycles. The molecule has 1 aromatic rings. The van der Waals surface area contributed by atoms with Crippen LogP contribution in [0.4, 0.5) is 0 Å². The summed E-state index contributed by atoms with van der Waals surface area (Å²) in [5, 5.41) is 3.66. The molecule has 21 heavy (non-hydrogen) atoms. The summed E-state index contributed by atoms with van der Waals surface area (Å²) in [4.78, 5) is 0. The third-order valence-electron chi connectivity index (χ3n) is 4.54. The van der Waals surface area contributed by atoms with Crippen molar-refractivity contribution in [3.05, 3.63) is 35.4 Å². The molecule has 1 heteroatoms. The predicted octanol–water partition coefficient (Wildman–Crippen LogP) is 5.61. The fourth-order valence-electron chi connectivity index (χ4n) is 2.65. The SMILES string of the molecule is CCNC(CC(C)C(C)(C)C)c1ccc(CC(C)C)cc1. The number of nitrogens with one attached hydrogen (secondary N) is 1. The molecule has 0 amide bonds. The number of rotatable bonds is 7. The summed E-state index contributed by atoms with van der Waals surface area (Å²) < 4.78 is 0. The number of hydrogen-bond donors (Lipinski definition) is 1. The lowest BCUT2D eigenvalue weighted by atomic mass is 9.77. The van der Waals surface area contributed by atoms with E-state index in [1.54, 1.807) is 0 Å². The highest BCUT2D eigenvalue weighted by atomic mass is 14.9. The van der Waals surface area contributed by atoms with Gasteiger partial charge >= 0.3 is 0 Å². The zero-order chi connectivity index (χ0) is 16.0. The van der Waals surface area contributed by atoms with Crippen LogP contribution in [0.5, 0.6) is 0 Å². The molecule has 0 saturated carbocycles. The monoisotopic (exact) mass is 289 g/mol. The first-order valence-corrected chi connectivity index (χ1v) is 8.56. The normalized spacial score (nSPS) is 15.2. The minimum atomic E-state index is 0.366. The molecule has 1 nitrogen and oxygen atoms in total. The first kappa shape index (κ1) is 18.2. The van der Waals surface area contributed by atoms with Crippen LogP contribution in [0.2, 0.25) is 0 Å². The maximum Gasteiger partial charge on any atom is 0.0322 e. The molecule has 0 heterocycles. The molecule has 0 aromatic heterocycles. The summed E-state index contributed by atoms with van der Waals surface area (Å²) in [5.41, 5.74) is 3.25. The Morgan fingerprint density at radius 2 is 1.57 bits per heavy atom. The largest absolute Gasteiger partial charge is 0.310 e. The summed E-state index contributed by atoms with van der Waals surface area (Å²) in [7, 11) is 0. The molecule has 1 N–H and O–H groups in total. The second kappa shape index (κ2) is 7.98. The second-order valence-electron chi connectivity index (χ2n) is 7.95. The summed E-state index contributed by atoms with van der Waals surface area (Å²) >= 11 is 0. The number of benzene rings is 1. The third-order valence-corrected chi connectivity index (χ3v) is 4.54. The quantitative estimate of drug-likeness (QED) is 0.688. The lowest BCUT2D eigenvalue weighted by molar-refractivity contribution is 0.224. The topological polar surface area (TPSA) is 12.0 Å². The van der Waals surface area contributed by atoms with E-state index >= 15 is 0 Å². The highest BCUT2D eigenvalue weighted by Crippen LogP contribution is 2.33. The summed E-state index contributed by atoms with van der Waals surface area (Å²) in [6.45, 7) is 17.2. The zero-order valence-corrected chi connectivity index (χ0v) is 15.2. The highest BCUT2D eigenvalue weighted by Gasteiger charge is 2.24. The first-order chi connectivity index (χ1) is 9.74. The molecule has 0 aliphatic heterocycles. The van der Waals surface area contributed by atoms with Crippen LogP contribution in [-0.2, 0) is 6.42 Å². The van der Waals surface area contributed by atoms with Crippen molar-refractivity contribution >= 4 is 0 Å². The molecule has 0 spiro atoms. The molecule has 0 saturated heterocycles. The minimum Gasteiger partial charge on any atom is -0.310 e. The van der Waals surface area contributed by atoms with Gasteiger partial charge in [0.1, 0.15) is 0 Å². The standard InChI is InChI=1S/C20H35N/c1-8-21-19(14-16(4)20(5,6)7)18-11-9-17(10-12-18)13-15(2)3/h9-12,15-16,19,21H,8,13-14H2,1-7H3. The van der Waals surface area contributed by atoms with Gasteiger partial charge in [0, 0.05) is 6.04 Å². The summed E-state index contributed by atoms with van der Waals surface area (Å²) in [6.07, 6.45) is 2.37. The molecule has 0 aliphatic rings. The molecule has 2 unspecified atom stereocenters. The van der Waals surface area contributed by atoms with Gasteiger partial charge in [-0.1, -0.05) is 72.7 Å². The van der Waals surface area contributed by atoms with Crippen LogP contribution in [-0.4, -0.2) is 6.54 Å². The van der Waals surface area contributed by atoms with Crippen LogP contribution in [0.1, 0.15) is 72.1 Å². The van der Waals surface area contributed by atoms with Crippen LogP contribution in [0.15, 0.2) is 24.3 Å². The van der Waals surface area contributed by atoms with E-state index in [-0.39, 0.29) is 0 Å². The van der Waals surface area contributed by atoms with E-state index in [0.717, 1.165) is 12.5 Å². The van der Waals surface area contributed by atoms with E-state index in [2.05, 4.69) is 78.0 Å². The fourth-order valence-corrected chi connectivity index (χ4v) is 2.65. The van der Waals surface area contributed by atoms with Gasteiger partial charge in [-0.05, 0) is 47.8 Å². The van der Waals surface area contributed by atoms with Crippen LogP contribution in [0, 0.1) is 17.3 Å². The second-order valence-corrected chi connectivity index (χ2v) is 7.95. The molecule has 0 radical (unpaired) electrons. The van der Waals surface area contributed by atoms with E-state index in [0.29, 0.717) is 17.4 Å². The van der Waals surface area contributed by atoms with Crippen molar-refractivity contribution in [2.45, 2.75) is 67.3 Å². The van der Waals surface area contributed by atoms with Crippen molar-refractivity contribution in [1.29, 1.82) is 0 Å². The van der Waals surface area contributed by atoms with E-state index < -0.39 is 0 Å². The first-order valence-electron chi connectivity index (χ1n) is 8.56. The van der Waals surface area contributed by atoms with Crippen molar-refractivity contribution in [2.24, 2.45) is 17.3 Å². The molecule has 2 atom stereocenters. The Labute approximate surface area is 132 Å². The van der Waals surface area contributed by atoms with E-state index in [1.807, 2.05) is 0 Å². The molecular weight excluding hydrogens is 254 g/mol. The maximum atomic E-state index is 3.66. The Balaban J connectivity index is 2.80. The van der Waals surface area contributed by atoms with Crippen molar-refractivity contribution in [3.8, 4) is 0 Å². The lowest BCUT2D eigenvalue weighted by Gasteiger charge is -2.31. The van der Waals surface area contributed by atoms with Crippen molar-refractivity contribution in [3.63, 3.8) is 0 Å². The average molecular weight is 290 g/mol. The van der Waals surface area contributed by atoms with Crippen molar-refractivity contribution in [1.82, 2.24) is 5.32 Å². The van der Waals surface area contributed by atoms with E-state index in [9.17, 15) is 0 Å². The van der Waals surface area contributed by atoms with Crippen LogP contribution >= 0.6 is 0 Å². The van der Waals surface area contributed by atoms with Crippen molar-refractivity contribution < 1.29 is 0 Å². The van der Waals surface area contributed by atoms with Gasteiger partial charge in [0.15, 0.2) is 0 Å². The van der Waals surface area contributed by atoms with Gasteiger partial charge in [-0.15, -0.1) is 0 Å². The Bertz CT molecular complexity index is 397. The van der Waals surface area contributed by atoms with Crippen LogP contribution in [0.25, 0.3) is 0 Å². The number of hydrogen-bond acceptors (Lipinski definition) is 1. The van der Waals surface area contributed by atoms with Gasteiger partial charge in [0.25, 0.3) is 0 Å². The summed E-state index contributed by atoms with van der Waals surface area (Å²) in [6, 6.07) is 9.72. The lowest BCUT2D eigenvalue weighted by Crippen LogP contribution is -2.27. The molecule has 0 fully saturated rings. The molecule has 1 rings (SSSR count). The van der Waals surface area contributed by atoms with Crippen molar-refractivity contribution in [2.75, 3.05) is 6.54 Å². The minimum absolute atomic E-state index is 0.366. The molecule has 120 valence electrons. The third kappa shape index (κ3) is 6.22.